The Bertz CT molecular complexity index is 382. The highest BCUT2D eigenvalue weighted by atomic mass is 79.9. The van der Waals surface area contributed by atoms with Crippen LogP contribution in [-0.4, -0.2) is 18.5 Å². The fourth-order valence-electron chi connectivity index (χ4n) is 1.13. The van der Waals surface area contributed by atoms with E-state index in [1.807, 2.05) is 0 Å². The normalized spacial score (nSPS) is 11.4. The quantitative estimate of drug-likeness (QED) is 0.803. The van der Waals surface area contributed by atoms with Crippen LogP contribution in [0.25, 0.3) is 0 Å². The molecule has 1 aromatic heterocycles. The Labute approximate surface area is 98.7 Å². The maximum Gasteiger partial charge on any atom is 0.573 e. The molecule has 0 radical (unpaired) electrons. The van der Waals surface area contributed by atoms with Crippen LogP contribution in [0.3, 0.4) is 0 Å². The van der Waals surface area contributed by atoms with Crippen molar-refractivity contribution < 1.29 is 22.6 Å². The van der Waals surface area contributed by atoms with E-state index in [4.69, 9.17) is 4.74 Å². The molecule has 0 amide bonds. The second kappa shape index (κ2) is 4.90. The van der Waals surface area contributed by atoms with Gasteiger partial charge in [-0.1, -0.05) is 15.9 Å². The Kier molecular flexibility index (Phi) is 4.01. The van der Waals surface area contributed by atoms with Crippen molar-refractivity contribution in [3.63, 3.8) is 0 Å². The lowest BCUT2D eigenvalue weighted by atomic mass is 10.2. The topological polar surface area (TPSA) is 31.4 Å². The lowest BCUT2D eigenvalue weighted by Gasteiger charge is -2.15. The SMILES string of the molecule is COc1cnc(CBr)c(C)c1OC(F)(F)F. The molecule has 3 nitrogen and oxygen atoms in total. The highest BCUT2D eigenvalue weighted by Crippen LogP contribution is 2.36. The average molecular weight is 300 g/mol. The zero-order valence-electron chi connectivity index (χ0n) is 8.56. The third-order valence-electron chi connectivity index (χ3n) is 1.90. The molecule has 0 fully saturated rings. The zero-order chi connectivity index (χ0) is 12.3. The first-order valence-electron chi connectivity index (χ1n) is 4.23. The molecular weight excluding hydrogens is 291 g/mol. The van der Waals surface area contributed by atoms with Gasteiger partial charge in [0.1, 0.15) is 0 Å². The van der Waals surface area contributed by atoms with Crippen LogP contribution in [0, 0.1) is 6.92 Å². The summed E-state index contributed by atoms with van der Waals surface area (Å²) in [5, 5.41) is 0.344. The molecular formula is C9H9BrF3NO2. The van der Waals surface area contributed by atoms with Gasteiger partial charge in [-0.3, -0.25) is 4.98 Å². The lowest BCUT2D eigenvalue weighted by Crippen LogP contribution is -2.19. The molecule has 7 heteroatoms. The van der Waals surface area contributed by atoms with E-state index < -0.39 is 6.36 Å². The summed E-state index contributed by atoms with van der Waals surface area (Å²) in [6.07, 6.45) is -3.55. The molecule has 0 bridgehead atoms. The molecule has 0 N–H and O–H groups in total. The smallest absolute Gasteiger partial charge is 0.491 e. The first-order chi connectivity index (χ1) is 7.39. The number of aromatic nitrogens is 1. The van der Waals surface area contributed by atoms with Gasteiger partial charge in [0, 0.05) is 10.9 Å². The van der Waals surface area contributed by atoms with Crippen molar-refractivity contribution in [3.8, 4) is 11.5 Å². The summed E-state index contributed by atoms with van der Waals surface area (Å²) in [4.78, 5) is 3.94. The Morgan fingerprint density at radius 3 is 2.50 bits per heavy atom. The number of rotatable bonds is 3. The van der Waals surface area contributed by atoms with E-state index in [2.05, 4.69) is 25.7 Å². The summed E-state index contributed by atoms with van der Waals surface area (Å²) in [5.41, 5.74) is 0.772. The van der Waals surface area contributed by atoms with Gasteiger partial charge < -0.3 is 9.47 Å². The molecule has 16 heavy (non-hydrogen) atoms. The third-order valence-corrected chi connectivity index (χ3v) is 2.43. The largest absolute Gasteiger partial charge is 0.573 e. The van der Waals surface area contributed by atoms with E-state index >= 15 is 0 Å². The minimum absolute atomic E-state index is 0.0421. The van der Waals surface area contributed by atoms with Crippen LogP contribution in [0.2, 0.25) is 0 Å². The summed E-state index contributed by atoms with van der Waals surface area (Å²) in [7, 11) is 1.26. The first-order valence-corrected chi connectivity index (χ1v) is 5.35. The van der Waals surface area contributed by atoms with Gasteiger partial charge in [0.2, 0.25) is 0 Å². The van der Waals surface area contributed by atoms with Crippen molar-refractivity contribution in [2.24, 2.45) is 0 Å². The van der Waals surface area contributed by atoms with Gasteiger partial charge in [0.15, 0.2) is 11.5 Å². The van der Waals surface area contributed by atoms with Gasteiger partial charge in [-0.05, 0) is 6.92 Å². The first kappa shape index (κ1) is 13.1. The van der Waals surface area contributed by atoms with Gasteiger partial charge in [0.25, 0.3) is 0 Å². The van der Waals surface area contributed by atoms with Crippen LogP contribution < -0.4 is 9.47 Å². The summed E-state index contributed by atoms with van der Waals surface area (Å²) >= 11 is 3.13. The van der Waals surface area contributed by atoms with Crippen LogP contribution in [0.4, 0.5) is 13.2 Å². The van der Waals surface area contributed by atoms with E-state index in [1.54, 1.807) is 0 Å². The van der Waals surface area contributed by atoms with Crippen molar-refractivity contribution in [2.75, 3.05) is 7.11 Å². The van der Waals surface area contributed by atoms with Crippen molar-refractivity contribution in [3.05, 3.63) is 17.5 Å². The molecule has 0 aromatic carbocycles. The lowest BCUT2D eigenvalue weighted by molar-refractivity contribution is -0.275. The van der Waals surface area contributed by atoms with E-state index in [9.17, 15) is 13.2 Å². The molecule has 0 unspecified atom stereocenters. The molecule has 0 spiro atoms. The summed E-state index contributed by atoms with van der Waals surface area (Å²) in [6, 6.07) is 0. The minimum Gasteiger partial charge on any atom is -0.491 e. The number of nitrogens with zero attached hydrogens (tertiary/aromatic N) is 1. The van der Waals surface area contributed by atoms with Crippen LogP contribution in [0.5, 0.6) is 11.5 Å². The number of ether oxygens (including phenoxy) is 2. The summed E-state index contributed by atoms with van der Waals surface area (Å²) in [5.74, 6) is -0.390. The second-order valence-corrected chi connectivity index (χ2v) is 3.47. The Hall–Kier alpha value is -0.980. The van der Waals surface area contributed by atoms with Crippen molar-refractivity contribution in [2.45, 2.75) is 18.6 Å². The second-order valence-electron chi connectivity index (χ2n) is 2.91. The number of halogens is 4. The summed E-state index contributed by atoms with van der Waals surface area (Å²) in [6.45, 7) is 1.49. The van der Waals surface area contributed by atoms with E-state index in [0.29, 0.717) is 16.6 Å². The molecule has 0 aliphatic rings. The highest BCUT2D eigenvalue weighted by Gasteiger charge is 2.33. The predicted octanol–water partition coefficient (Wildman–Crippen LogP) is 3.19. The van der Waals surface area contributed by atoms with Gasteiger partial charge in [0.05, 0.1) is 19.0 Å². The molecule has 1 rings (SSSR count). The molecule has 0 aliphatic heterocycles. The van der Waals surface area contributed by atoms with Crippen LogP contribution in [0.15, 0.2) is 6.20 Å². The fraction of sp³-hybridized carbons (Fsp3) is 0.444. The monoisotopic (exact) mass is 299 g/mol. The third kappa shape index (κ3) is 3.01. The number of alkyl halides is 4. The number of methoxy groups -OCH3 is 1. The summed E-state index contributed by atoms with van der Waals surface area (Å²) < 4.78 is 45.2. The molecule has 90 valence electrons. The van der Waals surface area contributed by atoms with Crippen LogP contribution in [0.1, 0.15) is 11.3 Å². The predicted molar refractivity (Wildman–Crippen MR) is 54.8 cm³/mol. The van der Waals surface area contributed by atoms with Gasteiger partial charge in [-0.2, -0.15) is 0 Å². The van der Waals surface area contributed by atoms with Crippen molar-refractivity contribution in [1.82, 2.24) is 4.98 Å². The van der Waals surface area contributed by atoms with E-state index in [-0.39, 0.29) is 11.5 Å². The number of pyridine rings is 1. The van der Waals surface area contributed by atoms with E-state index in [1.165, 1.54) is 20.2 Å². The van der Waals surface area contributed by atoms with Gasteiger partial charge in [-0.25, -0.2) is 0 Å². The van der Waals surface area contributed by atoms with Crippen LogP contribution >= 0.6 is 15.9 Å². The maximum atomic E-state index is 12.2. The standard InChI is InChI=1S/C9H9BrF3NO2/c1-5-6(3-10)14-4-7(15-2)8(5)16-9(11,12)13/h4H,3H2,1-2H3. The number of hydrogen-bond acceptors (Lipinski definition) is 3. The molecule has 1 heterocycles. The maximum absolute atomic E-state index is 12.2. The van der Waals surface area contributed by atoms with Crippen molar-refractivity contribution in [1.29, 1.82) is 0 Å². The fourth-order valence-corrected chi connectivity index (χ4v) is 1.70. The molecule has 0 saturated carbocycles. The molecule has 0 saturated heterocycles. The van der Waals surface area contributed by atoms with Gasteiger partial charge in [-0.15, -0.1) is 13.2 Å². The minimum atomic E-state index is -4.75. The van der Waals surface area contributed by atoms with Gasteiger partial charge >= 0.3 is 6.36 Å². The molecule has 0 atom stereocenters. The Balaban J connectivity index is 3.21. The number of hydrogen-bond donors (Lipinski definition) is 0. The molecule has 0 aliphatic carbocycles. The average Bonchev–Trinajstić information content (AvgIpc) is 2.19. The Morgan fingerprint density at radius 1 is 1.44 bits per heavy atom. The van der Waals surface area contributed by atoms with Crippen molar-refractivity contribution >= 4 is 15.9 Å². The Morgan fingerprint density at radius 2 is 2.06 bits per heavy atom. The molecule has 1 aromatic rings. The highest BCUT2D eigenvalue weighted by molar-refractivity contribution is 9.08. The zero-order valence-corrected chi connectivity index (χ0v) is 10.1. The van der Waals surface area contributed by atoms with Crippen LogP contribution in [-0.2, 0) is 5.33 Å². The van der Waals surface area contributed by atoms with E-state index in [0.717, 1.165) is 0 Å².